The van der Waals surface area contributed by atoms with Crippen molar-refractivity contribution in [2.75, 3.05) is 18.2 Å². The maximum absolute atomic E-state index is 13.0. The summed E-state index contributed by atoms with van der Waals surface area (Å²) in [6.07, 6.45) is -0.524. The number of rotatable bonds is 4. The molecule has 29 heavy (non-hydrogen) atoms. The molecule has 4 rings (SSSR count). The van der Waals surface area contributed by atoms with Crippen LogP contribution in [0.2, 0.25) is 5.02 Å². The topological polar surface area (TPSA) is 91.1 Å². The van der Waals surface area contributed by atoms with Gasteiger partial charge in [-0.05, 0) is 40.8 Å². The third-order valence-corrected chi connectivity index (χ3v) is 6.03. The molecular weight excluding hydrogens is 480 g/mol. The number of anilines is 1. The van der Waals surface area contributed by atoms with Crippen molar-refractivity contribution in [3.63, 3.8) is 0 Å². The molecule has 2 aromatic carbocycles. The third kappa shape index (κ3) is 3.58. The van der Waals surface area contributed by atoms with E-state index in [9.17, 15) is 9.90 Å². The fraction of sp³-hybridized carbons (Fsp3) is 0.211. The number of fused-ring (bicyclic) bond motifs is 3. The molecule has 1 aliphatic heterocycles. The van der Waals surface area contributed by atoms with Gasteiger partial charge in [0.15, 0.2) is 11.5 Å². The highest BCUT2D eigenvalue weighted by Gasteiger charge is 2.38. The summed E-state index contributed by atoms with van der Waals surface area (Å²) in [7, 11) is 1.45. The average Bonchev–Trinajstić information content (AvgIpc) is 2.69. The Hall–Kier alpha value is -2.23. The standard InChI is InChI=1S/C19H16BrClN4O3S/c1-3-29-19-23-18(27)15-11-8-10(20)4-5-13(11)22-17(25(15)24-19)9-6-12(21)16(26)14(7-9)28-2/h4-8,17H,3H2,1-2H3,(H2,23,24,26,27)/p+1/t17-/m1/s1. The van der Waals surface area contributed by atoms with E-state index < -0.39 is 6.17 Å². The smallest absolute Gasteiger partial charge is 0.325 e. The van der Waals surface area contributed by atoms with E-state index in [2.05, 4.69) is 31.3 Å². The Bertz CT molecular complexity index is 1170. The lowest BCUT2D eigenvalue weighted by Gasteiger charge is -2.23. The molecule has 0 unspecified atom stereocenters. The molecule has 1 aromatic heterocycles. The molecule has 1 atom stereocenters. The molecule has 2 heterocycles. The zero-order valence-corrected chi connectivity index (χ0v) is 18.7. The Morgan fingerprint density at radius 3 is 2.90 bits per heavy atom. The van der Waals surface area contributed by atoms with E-state index in [1.54, 1.807) is 16.8 Å². The number of thioether (sulfide) groups is 1. The van der Waals surface area contributed by atoms with Gasteiger partial charge in [-0.3, -0.25) is 9.78 Å². The van der Waals surface area contributed by atoms with E-state index >= 15 is 0 Å². The minimum Gasteiger partial charge on any atom is -0.503 e. The van der Waals surface area contributed by atoms with Gasteiger partial charge in [0, 0.05) is 15.1 Å². The van der Waals surface area contributed by atoms with Crippen LogP contribution in [0.25, 0.3) is 11.3 Å². The van der Waals surface area contributed by atoms with Gasteiger partial charge in [-0.25, -0.2) is 0 Å². The summed E-state index contributed by atoms with van der Waals surface area (Å²) in [5, 5.41) is 18.8. The van der Waals surface area contributed by atoms with Crippen LogP contribution in [0, 0.1) is 0 Å². The summed E-state index contributed by atoms with van der Waals surface area (Å²) in [6.45, 7) is 1.99. The molecule has 0 spiro atoms. The van der Waals surface area contributed by atoms with Gasteiger partial charge in [0.25, 0.3) is 6.17 Å². The zero-order chi connectivity index (χ0) is 20.7. The van der Waals surface area contributed by atoms with Gasteiger partial charge in [-0.1, -0.05) is 46.2 Å². The Labute approximate surface area is 184 Å². The highest BCUT2D eigenvalue weighted by Crippen LogP contribution is 2.39. The molecule has 0 fully saturated rings. The second-order valence-electron chi connectivity index (χ2n) is 6.28. The van der Waals surface area contributed by atoms with Crippen LogP contribution in [0.1, 0.15) is 18.7 Å². The lowest BCUT2D eigenvalue weighted by molar-refractivity contribution is -0.759. The monoisotopic (exact) mass is 495 g/mol. The zero-order valence-electron chi connectivity index (χ0n) is 15.5. The van der Waals surface area contributed by atoms with Crippen molar-refractivity contribution in [3.05, 3.63) is 55.7 Å². The molecule has 10 heteroatoms. The number of aromatic hydroxyl groups is 1. The number of halogens is 2. The fourth-order valence-electron chi connectivity index (χ4n) is 3.25. The molecule has 0 aliphatic carbocycles. The number of ether oxygens (including phenoxy) is 1. The number of H-pyrrole nitrogens is 1. The van der Waals surface area contributed by atoms with Gasteiger partial charge >= 0.3 is 11.3 Å². The molecule has 150 valence electrons. The van der Waals surface area contributed by atoms with Gasteiger partial charge in [0.1, 0.15) is 0 Å². The normalized spacial score (nSPS) is 14.7. The van der Waals surface area contributed by atoms with Crippen LogP contribution in [0.5, 0.6) is 11.5 Å². The largest absolute Gasteiger partial charge is 0.503 e. The minimum absolute atomic E-state index is 0.135. The summed E-state index contributed by atoms with van der Waals surface area (Å²) in [5.74, 6) is 0.872. The summed E-state index contributed by atoms with van der Waals surface area (Å²) in [5.41, 5.74) is 2.39. The van der Waals surface area contributed by atoms with Crippen LogP contribution in [0.3, 0.4) is 0 Å². The van der Waals surface area contributed by atoms with Crippen LogP contribution in [-0.2, 0) is 0 Å². The highest BCUT2D eigenvalue weighted by molar-refractivity contribution is 9.10. The predicted octanol–water partition coefficient (Wildman–Crippen LogP) is 3.94. The van der Waals surface area contributed by atoms with E-state index in [-0.39, 0.29) is 22.1 Å². The lowest BCUT2D eigenvalue weighted by Crippen LogP contribution is -2.55. The number of phenolic OH excluding ortho intramolecular Hbond substituents is 1. The third-order valence-electron chi connectivity index (χ3n) is 4.50. The molecule has 3 aromatic rings. The van der Waals surface area contributed by atoms with Crippen molar-refractivity contribution in [2.24, 2.45) is 0 Å². The first-order valence-corrected chi connectivity index (χ1v) is 10.9. The van der Waals surface area contributed by atoms with Crippen molar-refractivity contribution in [2.45, 2.75) is 18.2 Å². The first kappa shape index (κ1) is 20.1. The van der Waals surface area contributed by atoms with Crippen molar-refractivity contribution < 1.29 is 14.5 Å². The Kier molecular flexibility index (Phi) is 5.46. The first-order chi connectivity index (χ1) is 13.9. The van der Waals surface area contributed by atoms with Crippen molar-refractivity contribution in [3.8, 4) is 22.8 Å². The van der Waals surface area contributed by atoms with E-state index in [4.69, 9.17) is 16.3 Å². The molecule has 3 N–H and O–H groups in total. The van der Waals surface area contributed by atoms with Crippen LogP contribution >= 0.6 is 39.3 Å². The Morgan fingerprint density at radius 2 is 2.17 bits per heavy atom. The number of aromatic amines is 1. The number of phenols is 1. The Morgan fingerprint density at radius 1 is 1.38 bits per heavy atom. The maximum atomic E-state index is 13.0. The predicted molar refractivity (Wildman–Crippen MR) is 116 cm³/mol. The molecule has 7 nitrogen and oxygen atoms in total. The molecule has 0 bridgehead atoms. The van der Waals surface area contributed by atoms with Gasteiger partial charge in [0.2, 0.25) is 5.16 Å². The summed E-state index contributed by atoms with van der Waals surface area (Å²) in [6, 6.07) is 8.97. The van der Waals surface area contributed by atoms with Gasteiger partial charge in [-0.2, -0.15) is 0 Å². The van der Waals surface area contributed by atoms with Crippen LogP contribution in [0.15, 0.2) is 44.8 Å². The van der Waals surface area contributed by atoms with E-state index in [0.717, 1.165) is 21.5 Å². The van der Waals surface area contributed by atoms with Gasteiger partial charge in [-0.15, -0.1) is 0 Å². The highest BCUT2D eigenvalue weighted by atomic mass is 79.9. The number of hydrogen-bond acceptors (Lipinski definition) is 6. The van der Waals surface area contributed by atoms with Crippen molar-refractivity contribution in [1.82, 2.24) is 10.1 Å². The molecule has 0 saturated carbocycles. The number of nitrogens with zero attached hydrogens (tertiary/aromatic N) is 2. The van der Waals surface area contributed by atoms with Crippen LogP contribution < -0.4 is 20.3 Å². The minimum atomic E-state index is -0.524. The average molecular weight is 497 g/mol. The van der Waals surface area contributed by atoms with E-state index in [0.29, 0.717) is 16.4 Å². The van der Waals surface area contributed by atoms with Gasteiger partial charge in [0.05, 0.1) is 23.4 Å². The fourth-order valence-corrected chi connectivity index (χ4v) is 4.41. The molecule has 1 aliphatic rings. The Balaban J connectivity index is 1.98. The number of methoxy groups -OCH3 is 1. The number of nitrogens with one attached hydrogen (secondary N) is 2. The molecule has 0 radical (unpaired) electrons. The summed E-state index contributed by atoms with van der Waals surface area (Å²) >= 11 is 11.1. The number of benzene rings is 2. The van der Waals surface area contributed by atoms with E-state index in [1.807, 2.05) is 25.1 Å². The maximum Gasteiger partial charge on any atom is 0.325 e. The lowest BCUT2D eigenvalue weighted by atomic mass is 10.0. The second kappa shape index (κ2) is 7.89. The van der Waals surface area contributed by atoms with Crippen molar-refractivity contribution in [1.29, 1.82) is 0 Å². The van der Waals surface area contributed by atoms with Crippen LogP contribution in [0.4, 0.5) is 5.69 Å². The summed E-state index contributed by atoms with van der Waals surface area (Å²) < 4.78 is 7.74. The summed E-state index contributed by atoms with van der Waals surface area (Å²) in [4.78, 5) is 15.8. The van der Waals surface area contributed by atoms with Crippen LogP contribution in [-0.4, -0.2) is 28.1 Å². The molecular formula is C19H17BrClN4O3S+. The van der Waals surface area contributed by atoms with E-state index in [1.165, 1.54) is 18.9 Å². The van der Waals surface area contributed by atoms with Gasteiger partial charge < -0.3 is 15.2 Å². The van der Waals surface area contributed by atoms with Crippen molar-refractivity contribution >= 4 is 45.0 Å². The number of aromatic nitrogens is 3. The first-order valence-electron chi connectivity index (χ1n) is 8.74. The second-order valence-corrected chi connectivity index (χ2v) is 8.85. The number of hydrogen-bond donors (Lipinski definition) is 3. The quantitative estimate of drug-likeness (QED) is 0.374. The molecule has 0 amide bonds. The SMILES string of the molecule is CCSc1n[n+]2c(c(=O)[nH]1)-c1cc(Br)ccc1N[C@H]2c1cc(Cl)c(O)c(OC)c1. The molecule has 0 saturated heterocycles.